The van der Waals surface area contributed by atoms with Gasteiger partial charge in [-0.05, 0) is 30.9 Å². The molecular weight excluding hydrogens is 269 g/mol. The zero-order chi connectivity index (χ0) is 14.8. The maximum Gasteiger partial charge on any atom is 0.214 e. The Labute approximate surface area is 123 Å². The molecule has 1 aromatic heterocycles. The summed E-state index contributed by atoms with van der Waals surface area (Å²) in [5, 5.41) is 8.06. The van der Waals surface area contributed by atoms with Gasteiger partial charge in [-0.25, -0.2) is 9.07 Å². The minimum absolute atomic E-state index is 0.277. The lowest BCUT2D eigenvalue weighted by atomic mass is 9.87. The molecule has 1 aliphatic carbocycles. The van der Waals surface area contributed by atoms with Gasteiger partial charge in [-0.1, -0.05) is 37.1 Å². The summed E-state index contributed by atoms with van der Waals surface area (Å²) in [6, 6.07) is 5.97. The molecule has 2 unspecified atom stereocenters. The lowest BCUT2D eigenvalue weighted by Crippen LogP contribution is -2.18. The summed E-state index contributed by atoms with van der Waals surface area (Å²) in [6.07, 6.45) is 6.26. The lowest BCUT2D eigenvalue weighted by molar-refractivity contribution is 0.103. The molecule has 1 aliphatic rings. The minimum Gasteiger partial charge on any atom is -0.287 e. The highest BCUT2D eigenvalue weighted by molar-refractivity contribution is 6.07. The Hall–Kier alpha value is -2.04. The van der Waals surface area contributed by atoms with Gasteiger partial charge in [0.05, 0.1) is 12.2 Å². The van der Waals surface area contributed by atoms with E-state index in [2.05, 4.69) is 17.2 Å². The Morgan fingerprint density at radius 3 is 3.00 bits per heavy atom. The van der Waals surface area contributed by atoms with Crippen LogP contribution in [-0.2, 0) is 0 Å². The van der Waals surface area contributed by atoms with Gasteiger partial charge in [0.25, 0.3) is 0 Å². The van der Waals surface area contributed by atoms with Gasteiger partial charge in [0.15, 0.2) is 5.69 Å². The minimum atomic E-state index is -0.422. The number of ketones is 1. The number of carbonyl (C=O) groups is 1. The van der Waals surface area contributed by atoms with Gasteiger partial charge in [0.1, 0.15) is 5.82 Å². The molecule has 0 radical (unpaired) electrons. The quantitative estimate of drug-likeness (QED) is 0.813. The Morgan fingerprint density at radius 1 is 1.38 bits per heavy atom. The second-order valence-electron chi connectivity index (χ2n) is 5.85. The van der Waals surface area contributed by atoms with Gasteiger partial charge in [-0.2, -0.15) is 0 Å². The van der Waals surface area contributed by atoms with Gasteiger partial charge >= 0.3 is 0 Å². The van der Waals surface area contributed by atoms with Gasteiger partial charge < -0.3 is 0 Å². The van der Waals surface area contributed by atoms with Crippen molar-refractivity contribution in [2.75, 3.05) is 0 Å². The highest BCUT2D eigenvalue weighted by Crippen LogP contribution is 2.31. The first-order valence-electron chi connectivity index (χ1n) is 7.35. The van der Waals surface area contributed by atoms with Gasteiger partial charge in [-0.3, -0.25) is 4.79 Å². The molecule has 0 amide bonds. The third-order valence-corrected chi connectivity index (χ3v) is 4.11. The number of rotatable bonds is 3. The highest BCUT2D eigenvalue weighted by atomic mass is 19.1. The fourth-order valence-corrected chi connectivity index (χ4v) is 2.98. The van der Waals surface area contributed by atoms with Crippen molar-refractivity contribution in [3.05, 3.63) is 47.5 Å². The molecule has 0 spiro atoms. The van der Waals surface area contributed by atoms with Crippen LogP contribution >= 0.6 is 0 Å². The van der Waals surface area contributed by atoms with E-state index in [4.69, 9.17) is 0 Å². The predicted molar refractivity (Wildman–Crippen MR) is 76.5 cm³/mol. The largest absolute Gasteiger partial charge is 0.287 e. The Balaban J connectivity index is 1.80. The van der Waals surface area contributed by atoms with Gasteiger partial charge in [-0.15, -0.1) is 5.10 Å². The molecule has 5 heteroatoms. The monoisotopic (exact) mass is 287 g/mol. The van der Waals surface area contributed by atoms with Crippen LogP contribution in [-0.4, -0.2) is 20.8 Å². The van der Waals surface area contributed by atoms with Crippen LogP contribution in [0.4, 0.5) is 4.39 Å². The van der Waals surface area contributed by atoms with Crippen LogP contribution in [0.25, 0.3) is 0 Å². The first-order valence-corrected chi connectivity index (χ1v) is 7.35. The van der Waals surface area contributed by atoms with E-state index >= 15 is 0 Å². The molecule has 1 heterocycles. The van der Waals surface area contributed by atoms with E-state index < -0.39 is 5.82 Å². The summed E-state index contributed by atoms with van der Waals surface area (Å²) >= 11 is 0. The molecule has 21 heavy (non-hydrogen) atoms. The molecule has 3 rings (SSSR count). The highest BCUT2D eigenvalue weighted by Gasteiger charge is 2.23. The maximum absolute atomic E-state index is 13.2. The summed E-state index contributed by atoms with van der Waals surface area (Å²) in [6.45, 7) is 2.24. The summed E-state index contributed by atoms with van der Waals surface area (Å²) in [5.74, 6) is -0.0331. The Bertz CT molecular complexity index is 652. The van der Waals surface area contributed by atoms with Gasteiger partial charge in [0.2, 0.25) is 5.78 Å². The van der Waals surface area contributed by atoms with Crippen molar-refractivity contribution < 1.29 is 9.18 Å². The molecular formula is C16H18FN3O. The predicted octanol–water partition coefficient (Wildman–Crippen LogP) is 3.40. The summed E-state index contributed by atoms with van der Waals surface area (Å²) < 4.78 is 15.0. The summed E-state index contributed by atoms with van der Waals surface area (Å²) in [4.78, 5) is 12.3. The van der Waals surface area contributed by atoms with Crippen LogP contribution in [0.2, 0.25) is 0 Å². The van der Waals surface area contributed by atoms with Crippen LogP contribution in [0.3, 0.4) is 0 Å². The number of benzene rings is 1. The van der Waals surface area contributed by atoms with Crippen molar-refractivity contribution in [3.63, 3.8) is 0 Å². The molecule has 4 nitrogen and oxygen atoms in total. The number of aromatic nitrogens is 3. The van der Waals surface area contributed by atoms with E-state index in [1.165, 1.54) is 31.0 Å². The lowest BCUT2D eigenvalue weighted by Gasteiger charge is -2.26. The molecule has 0 saturated heterocycles. The van der Waals surface area contributed by atoms with E-state index in [1.807, 2.05) is 0 Å². The van der Waals surface area contributed by atoms with E-state index in [0.717, 1.165) is 12.8 Å². The van der Waals surface area contributed by atoms with Crippen molar-refractivity contribution in [2.24, 2.45) is 5.92 Å². The zero-order valence-corrected chi connectivity index (χ0v) is 12.0. The standard InChI is InChI=1S/C16H18FN3O/c1-11-4-2-7-14(8-11)20-10-15(18-19-20)16(21)12-5-3-6-13(17)9-12/h3,5-6,9-11,14H,2,4,7-8H2,1H3. The third kappa shape index (κ3) is 3.01. The maximum atomic E-state index is 13.2. The molecule has 1 aromatic carbocycles. The Kier molecular flexibility index (Phi) is 3.82. The van der Waals surface area contributed by atoms with Crippen LogP contribution < -0.4 is 0 Å². The molecule has 0 N–H and O–H groups in total. The van der Waals surface area contributed by atoms with Gasteiger partial charge in [0, 0.05) is 5.56 Å². The average molecular weight is 287 g/mol. The van der Waals surface area contributed by atoms with Crippen molar-refractivity contribution in [1.29, 1.82) is 0 Å². The van der Waals surface area contributed by atoms with E-state index in [-0.39, 0.29) is 11.5 Å². The van der Waals surface area contributed by atoms with E-state index in [9.17, 15) is 9.18 Å². The second kappa shape index (κ2) is 5.76. The summed E-state index contributed by atoms with van der Waals surface area (Å²) in [7, 11) is 0. The van der Waals surface area contributed by atoms with E-state index in [0.29, 0.717) is 17.5 Å². The SMILES string of the molecule is CC1CCCC(n2cc(C(=O)c3cccc(F)c3)nn2)C1. The average Bonchev–Trinajstić information content (AvgIpc) is 2.96. The van der Waals surface area contributed by atoms with Crippen LogP contribution in [0.15, 0.2) is 30.5 Å². The smallest absolute Gasteiger partial charge is 0.214 e. The Morgan fingerprint density at radius 2 is 2.24 bits per heavy atom. The van der Waals surface area contributed by atoms with Crippen LogP contribution in [0, 0.1) is 11.7 Å². The normalized spacial score (nSPS) is 22.2. The third-order valence-electron chi connectivity index (χ3n) is 4.11. The van der Waals surface area contributed by atoms with Crippen molar-refractivity contribution >= 4 is 5.78 Å². The molecule has 2 atom stereocenters. The summed E-state index contributed by atoms with van der Waals surface area (Å²) in [5.41, 5.74) is 0.581. The van der Waals surface area contributed by atoms with E-state index in [1.54, 1.807) is 16.9 Å². The van der Waals surface area contributed by atoms with Crippen molar-refractivity contribution in [2.45, 2.75) is 38.6 Å². The number of carbonyl (C=O) groups excluding carboxylic acids is 1. The fourth-order valence-electron chi connectivity index (χ4n) is 2.98. The molecule has 110 valence electrons. The topological polar surface area (TPSA) is 47.8 Å². The number of nitrogens with zero attached hydrogens (tertiary/aromatic N) is 3. The molecule has 1 saturated carbocycles. The molecule has 1 fully saturated rings. The fraction of sp³-hybridized carbons (Fsp3) is 0.438. The molecule has 0 aliphatic heterocycles. The molecule has 2 aromatic rings. The number of hydrogen-bond donors (Lipinski definition) is 0. The second-order valence-corrected chi connectivity index (χ2v) is 5.85. The number of hydrogen-bond acceptors (Lipinski definition) is 3. The molecule has 0 bridgehead atoms. The first kappa shape index (κ1) is 13.9. The van der Waals surface area contributed by atoms with Crippen LogP contribution in [0.5, 0.6) is 0 Å². The number of halogens is 1. The first-order chi connectivity index (χ1) is 10.1. The van der Waals surface area contributed by atoms with Crippen LogP contribution in [0.1, 0.15) is 54.7 Å². The van der Waals surface area contributed by atoms with Crippen molar-refractivity contribution in [1.82, 2.24) is 15.0 Å². The van der Waals surface area contributed by atoms with Crippen molar-refractivity contribution in [3.8, 4) is 0 Å². The zero-order valence-electron chi connectivity index (χ0n) is 12.0.